The molecule has 0 bridgehead atoms. The zero-order chi connectivity index (χ0) is 12.3. The van der Waals surface area contributed by atoms with Crippen LogP contribution in [0.1, 0.15) is 23.0 Å². The van der Waals surface area contributed by atoms with Gasteiger partial charge in [0.05, 0.1) is 24.7 Å². The molecule has 2 aromatic heterocycles. The van der Waals surface area contributed by atoms with Gasteiger partial charge in [-0.25, -0.2) is 9.48 Å². The van der Waals surface area contributed by atoms with E-state index in [0.29, 0.717) is 6.61 Å². The van der Waals surface area contributed by atoms with Crippen molar-refractivity contribution in [2.45, 2.75) is 13.8 Å². The minimum absolute atomic E-state index is 0.190. The third-order valence-corrected chi connectivity index (χ3v) is 2.24. The first-order valence-corrected chi connectivity index (χ1v) is 5.23. The van der Waals surface area contributed by atoms with E-state index in [1.54, 1.807) is 19.3 Å². The van der Waals surface area contributed by atoms with E-state index in [4.69, 9.17) is 4.74 Å². The van der Waals surface area contributed by atoms with Gasteiger partial charge in [-0.15, -0.1) is 5.10 Å². The smallest absolute Gasteiger partial charge is 0.360 e. The number of carbonyl (C=O) groups is 1. The van der Waals surface area contributed by atoms with Crippen LogP contribution >= 0.6 is 0 Å². The second-order valence-electron chi connectivity index (χ2n) is 3.43. The quantitative estimate of drug-likeness (QED) is 0.742. The van der Waals surface area contributed by atoms with E-state index in [1.165, 1.54) is 10.9 Å². The SMILES string of the molecule is CCOC(=O)c1cn(-c2cnccc2C)nn1. The van der Waals surface area contributed by atoms with Gasteiger partial charge in [0.2, 0.25) is 0 Å². The second kappa shape index (κ2) is 4.73. The molecule has 0 saturated carbocycles. The highest BCUT2D eigenvalue weighted by Gasteiger charge is 2.12. The number of carbonyl (C=O) groups excluding carboxylic acids is 1. The lowest BCUT2D eigenvalue weighted by molar-refractivity contribution is 0.0519. The summed E-state index contributed by atoms with van der Waals surface area (Å²) in [5.41, 5.74) is 1.98. The molecule has 2 aromatic rings. The van der Waals surface area contributed by atoms with E-state index in [2.05, 4.69) is 15.3 Å². The Morgan fingerprint density at radius 2 is 2.35 bits per heavy atom. The fourth-order valence-corrected chi connectivity index (χ4v) is 1.38. The molecule has 0 fully saturated rings. The largest absolute Gasteiger partial charge is 0.461 e. The number of nitrogens with zero attached hydrogens (tertiary/aromatic N) is 4. The van der Waals surface area contributed by atoms with Crippen LogP contribution in [0.5, 0.6) is 0 Å². The molecule has 2 rings (SSSR count). The topological polar surface area (TPSA) is 69.9 Å². The standard InChI is InChI=1S/C11H12N4O2/c1-3-17-11(16)9-7-15(14-13-9)10-6-12-5-4-8(10)2/h4-7H,3H2,1-2H3. The summed E-state index contributed by atoms with van der Waals surface area (Å²) in [7, 11) is 0. The Labute approximate surface area is 98.2 Å². The highest BCUT2D eigenvalue weighted by atomic mass is 16.5. The fraction of sp³-hybridized carbons (Fsp3) is 0.273. The van der Waals surface area contributed by atoms with Crippen molar-refractivity contribution in [3.63, 3.8) is 0 Å². The van der Waals surface area contributed by atoms with Crippen molar-refractivity contribution >= 4 is 5.97 Å². The predicted octanol–water partition coefficient (Wildman–Crippen LogP) is 1.15. The Hall–Kier alpha value is -2.24. The molecule has 6 nitrogen and oxygen atoms in total. The zero-order valence-electron chi connectivity index (χ0n) is 9.62. The lowest BCUT2D eigenvalue weighted by Crippen LogP contribution is -2.04. The van der Waals surface area contributed by atoms with Crippen molar-refractivity contribution in [3.8, 4) is 5.69 Å². The maximum atomic E-state index is 11.4. The van der Waals surface area contributed by atoms with E-state index < -0.39 is 5.97 Å². The summed E-state index contributed by atoms with van der Waals surface area (Å²) in [4.78, 5) is 15.4. The molecule has 88 valence electrons. The number of esters is 1. The number of aromatic nitrogens is 4. The fourth-order valence-electron chi connectivity index (χ4n) is 1.38. The van der Waals surface area contributed by atoms with Gasteiger partial charge >= 0.3 is 5.97 Å². The molecule has 0 saturated heterocycles. The third-order valence-electron chi connectivity index (χ3n) is 2.24. The van der Waals surface area contributed by atoms with Crippen molar-refractivity contribution in [2.24, 2.45) is 0 Å². The molecule has 0 radical (unpaired) electrons. The number of aryl methyl sites for hydroxylation is 1. The second-order valence-corrected chi connectivity index (χ2v) is 3.43. The van der Waals surface area contributed by atoms with E-state index in [9.17, 15) is 4.79 Å². The molecule has 0 spiro atoms. The Morgan fingerprint density at radius 1 is 1.53 bits per heavy atom. The van der Waals surface area contributed by atoms with Gasteiger partial charge in [0.25, 0.3) is 0 Å². The lowest BCUT2D eigenvalue weighted by Gasteiger charge is -2.02. The third kappa shape index (κ3) is 2.30. The molecule has 0 N–H and O–H groups in total. The first-order chi connectivity index (χ1) is 8.22. The summed E-state index contributed by atoms with van der Waals surface area (Å²) < 4.78 is 6.35. The molecule has 0 aliphatic carbocycles. The number of pyridine rings is 1. The van der Waals surface area contributed by atoms with Gasteiger partial charge in [0.1, 0.15) is 0 Å². The van der Waals surface area contributed by atoms with Crippen LogP contribution in [0.25, 0.3) is 5.69 Å². The van der Waals surface area contributed by atoms with Crippen LogP contribution in [0.4, 0.5) is 0 Å². The van der Waals surface area contributed by atoms with Crippen molar-refractivity contribution < 1.29 is 9.53 Å². The minimum Gasteiger partial charge on any atom is -0.461 e. The van der Waals surface area contributed by atoms with Crippen LogP contribution in [-0.2, 0) is 4.74 Å². The molecular formula is C11H12N4O2. The Morgan fingerprint density at radius 3 is 3.06 bits per heavy atom. The molecule has 0 unspecified atom stereocenters. The van der Waals surface area contributed by atoms with Crippen LogP contribution in [0.3, 0.4) is 0 Å². The summed E-state index contributed by atoms with van der Waals surface area (Å²) >= 11 is 0. The minimum atomic E-state index is -0.472. The summed E-state index contributed by atoms with van der Waals surface area (Å²) in [5, 5.41) is 7.64. The average Bonchev–Trinajstić information content (AvgIpc) is 2.79. The maximum Gasteiger partial charge on any atom is 0.360 e. The molecule has 17 heavy (non-hydrogen) atoms. The molecule has 0 aliphatic rings. The van der Waals surface area contributed by atoms with Crippen molar-refractivity contribution in [1.82, 2.24) is 20.0 Å². The first-order valence-electron chi connectivity index (χ1n) is 5.23. The number of ether oxygens (including phenoxy) is 1. The summed E-state index contributed by atoms with van der Waals surface area (Å²) in [6.07, 6.45) is 4.89. The molecule has 0 amide bonds. The number of rotatable bonds is 3. The highest BCUT2D eigenvalue weighted by Crippen LogP contribution is 2.10. The number of hydrogen-bond acceptors (Lipinski definition) is 5. The molecule has 0 aromatic carbocycles. The van der Waals surface area contributed by atoms with Crippen molar-refractivity contribution in [3.05, 3.63) is 35.9 Å². The lowest BCUT2D eigenvalue weighted by atomic mass is 10.2. The van der Waals surface area contributed by atoms with Crippen molar-refractivity contribution in [1.29, 1.82) is 0 Å². The number of hydrogen-bond donors (Lipinski definition) is 0. The monoisotopic (exact) mass is 232 g/mol. The van der Waals surface area contributed by atoms with Crippen LogP contribution in [-0.4, -0.2) is 32.6 Å². The van der Waals surface area contributed by atoms with Gasteiger partial charge in [0.15, 0.2) is 5.69 Å². The van der Waals surface area contributed by atoms with E-state index in [0.717, 1.165) is 11.3 Å². The van der Waals surface area contributed by atoms with Gasteiger partial charge in [-0.05, 0) is 25.5 Å². The molecule has 0 aliphatic heterocycles. The highest BCUT2D eigenvalue weighted by molar-refractivity contribution is 5.86. The molecule has 6 heteroatoms. The summed E-state index contributed by atoms with van der Waals surface area (Å²) in [6.45, 7) is 3.99. The van der Waals surface area contributed by atoms with Gasteiger partial charge in [-0.1, -0.05) is 5.21 Å². The van der Waals surface area contributed by atoms with E-state index in [-0.39, 0.29) is 5.69 Å². The van der Waals surface area contributed by atoms with Crippen LogP contribution in [0.15, 0.2) is 24.7 Å². The Kier molecular flexibility index (Phi) is 3.13. The van der Waals surface area contributed by atoms with Crippen LogP contribution in [0, 0.1) is 6.92 Å². The van der Waals surface area contributed by atoms with Gasteiger partial charge in [-0.3, -0.25) is 4.98 Å². The zero-order valence-corrected chi connectivity index (χ0v) is 9.62. The molecule has 2 heterocycles. The van der Waals surface area contributed by atoms with Gasteiger partial charge in [0, 0.05) is 6.20 Å². The predicted molar refractivity (Wildman–Crippen MR) is 59.8 cm³/mol. The van der Waals surface area contributed by atoms with Gasteiger partial charge in [-0.2, -0.15) is 0 Å². The van der Waals surface area contributed by atoms with Crippen LogP contribution in [0.2, 0.25) is 0 Å². The molecule has 0 atom stereocenters. The first kappa shape index (κ1) is 11.3. The summed E-state index contributed by atoms with van der Waals surface area (Å²) in [5.74, 6) is -0.472. The molecular weight excluding hydrogens is 220 g/mol. The van der Waals surface area contributed by atoms with E-state index in [1.807, 2.05) is 13.0 Å². The van der Waals surface area contributed by atoms with Crippen LogP contribution < -0.4 is 0 Å². The Balaban J connectivity index is 2.30. The summed E-state index contributed by atoms with van der Waals surface area (Å²) in [6, 6.07) is 1.86. The Bertz CT molecular complexity index is 536. The van der Waals surface area contributed by atoms with Crippen molar-refractivity contribution in [2.75, 3.05) is 6.61 Å². The average molecular weight is 232 g/mol. The van der Waals surface area contributed by atoms with E-state index >= 15 is 0 Å². The van der Waals surface area contributed by atoms with Gasteiger partial charge < -0.3 is 4.74 Å². The normalized spacial score (nSPS) is 10.2. The maximum absolute atomic E-state index is 11.4.